The van der Waals surface area contributed by atoms with Crippen LogP contribution < -0.4 is 16.0 Å². The van der Waals surface area contributed by atoms with Crippen LogP contribution in [0, 0.1) is 11.8 Å². The van der Waals surface area contributed by atoms with Crippen molar-refractivity contribution < 1.29 is 9.59 Å². The summed E-state index contributed by atoms with van der Waals surface area (Å²) in [5, 5.41) is 9.26. The van der Waals surface area contributed by atoms with Gasteiger partial charge in [0.2, 0.25) is 5.91 Å². The maximum atomic E-state index is 11.6. The van der Waals surface area contributed by atoms with Gasteiger partial charge < -0.3 is 16.0 Å². The highest BCUT2D eigenvalue weighted by Crippen LogP contribution is 2.29. The number of nitrogens with zero attached hydrogens (tertiary/aromatic N) is 2. The lowest BCUT2D eigenvalue weighted by atomic mass is 9.80. The molecule has 2 rings (SSSR count). The molecule has 0 radical (unpaired) electrons. The van der Waals surface area contributed by atoms with E-state index >= 15 is 0 Å². The molecule has 8 heteroatoms. The first-order valence-electron chi connectivity index (χ1n) is 9.14. The van der Waals surface area contributed by atoms with E-state index in [2.05, 4.69) is 34.8 Å². The van der Waals surface area contributed by atoms with Crippen molar-refractivity contribution in [1.29, 1.82) is 0 Å². The first-order chi connectivity index (χ1) is 11.5. The van der Waals surface area contributed by atoms with Gasteiger partial charge in [0.25, 0.3) is 0 Å². The molecule has 7 nitrogen and oxygen atoms in total. The van der Waals surface area contributed by atoms with E-state index in [0.717, 1.165) is 24.3 Å². The summed E-state index contributed by atoms with van der Waals surface area (Å²) in [7, 11) is 0. The number of hydrogen-bond acceptors (Lipinski definition) is 3. The molecule has 0 aromatic rings. The van der Waals surface area contributed by atoms with Crippen LogP contribution in [-0.4, -0.2) is 55.0 Å². The Kier molecular flexibility index (Phi) is 9.52. The third kappa shape index (κ3) is 6.63. The van der Waals surface area contributed by atoms with Gasteiger partial charge in [0.05, 0.1) is 19.6 Å². The van der Waals surface area contributed by atoms with E-state index in [1.165, 1.54) is 30.6 Å². The van der Waals surface area contributed by atoms with E-state index in [0.29, 0.717) is 19.1 Å². The summed E-state index contributed by atoms with van der Waals surface area (Å²) in [5.74, 6) is 2.19. The number of guanidine groups is 1. The molecular formula is C17H32IN5O2. The summed E-state index contributed by atoms with van der Waals surface area (Å²) in [4.78, 5) is 28.8. The smallest absolute Gasteiger partial charge is 0.324 e. The van der Waals surface area contributed by atoms with Crippen molar-refractivity contribution >= 4 is 41.9 Å². The van der Waals surface area contributed by atoms with Crippen molar-refractivity contribution in [1.82, 2.24) is 20.9 Å². The fourth-order valence-electron chi connectivity index (χ4n) is 3.39. The van der Waals surface area contributed by atoms with E-state index in [9.17, 15) is 9.59 Å². The lowest BCUT2D eigenvalue weighted by Gasteiger charge is -2.32. The molecule has 0 unspecified atom stereocenters. The molecule has 0 aromatic carbocycles. The standard InChI is InChI=1S/C17H31N5O2.HI/c1-4-18-16(19-9-10-22-15(23)11-20-17(22)24)21-14-7-5-13(6-8-14)12(2)3;/h12-14H,4-11H2,1-3H3,(H,20,24)(H2,18,19,21);1H. The summed E-state index contributed by atoms with van der Waals surface area (Å²) in [6.07, 6.45) is 4.86. The van der Waals surface area contributed by atoms with Crippen LogP contribution in [-0.2, 0) is 4.79 Å². The average molecular weight is 465 g/mol. The van der Waals surface area contributed by atoms with Gasteiger partial charge in [-0.25, -0.2) is 4.79 Å². The minimum absolute atomic E-state index is 0. The SMILES string of the molecule is CCNC(=NCCN1C(=O)CNC1=O)NC1CCC(C(C)C)CC1.I. The molecule has 0 atom stereocenters. The van der Waals surface area contributed by atoms with Crippen LogP contribution in [0.25, 0.3) is 0 Å². The third-order valence-corrected chi connectivity index (χ3v) is 4.93. The first kappa shape index (κ1) is 22.0. The van der Waals surface area contributed by atoms with Crippen LogP contribution in [0.15, 0.2) is 4.99 Å². The monoisotopic (exact) mass is 465 g/mol. The fourth-order valence-corrected chi connectivity index (χ4v) is 3.39. The highest BCUT2D eigenvalue weighted by Gasteiger charge is 2.28. The van der Waals surface area contributed by atoms with Gasteiger partial charge in [-0.15, -0.1) is 24.0 Å². The summed E-state index contributed by atoms with van der Waals surface area (Å²) in [6, 6.07) is 0.134. The van der Waals surface area contributed by atoms with E-state index in [-0.39, 0.29) is 42.5 Å². The molecule has 1 aliphatic heterocycles. The van der Waals surface area contributed by atoms with Gasteiger partial charge in [-0.05, 0) is 44.4 Å². The van der Waals surface area contributed by atoms with E-state index in [1.807, 2.05) is 6.92 Å². The molecule has 1 heterocycles. The number of halogens is 1. The average Bonchev–Trinajstić information content (AvgIpc) is 2.87. The number of nitrogens with one attached hydrogen (secondary N) is 3. The summed E-state index contributed by atoms with van der Waals surface area (Å²) in [5.41, 5.74) is 0. The van der Waals surface area contributed by atoms with Crippen LogP contribution in [0.2, 0.25) is 0 Å². The second-order valence-corrected chi connectivity index (χ2v) is 6.96. The Balaban J connectivity index is 0.00000312. The van der Waals surface area contributed by atoms with Crippen LogP contribution in [0.3, 0.4) is 0 Å². The van der Waals surface area contributed by atoms with Gasteiger partial charge in [-0.2, -0.15) is 0 Å². The van der Waals surface area contributed by atoms with Crippen molar-refractivity contribution in [2.24, 2.45) is 16.8 Å². The lowest BCUT2D eigenvalue weighted by Crippen LogP contribution is -2.45. The van der Waals surface area contributed by atoms with Crippen LogP contribution in [0.5, 0.6) is 0 Å². The largest absolute Gasteiger partial charge is 0.357 e. The number of rotatable bonds is 6. The zero-order valence-electron chi connectivity index (χ0n) is 15.5. The first-order valence-corrected chi connectivity index (χ1v) is 9.14. The zero-order valence-corrected chi connectivity index (χ0v) is 17.8. The van der Waals surface area contributed by atoms with Crippen LogP contribution in [0.1, 0.15) is 46.5 Å². The van der Waals surface area contributed by atoms with Gasteiger partial charge in [-0.3, -0.25) is 14.7 Å². The second-order valence-electron chi connectivity index (χ2n) is 6.96. The predicted molar refractivity (Wildman–Crippen MR) is 110 cm³/mol. The molecule has 0 aromatic heterocycles. The molecule has 144 valence electrons. The minimum Gasteiger partial charge on any atom is -0.357 e. The highest BCUT2D eigenvalue weighted by atomic mass is 127. The number of hydrogen-bond donors (Lipinski definition) is 3. The number of amides is 3. The fraction of sp³-hybridized carbons (Fsp3) is 0.824. The Hall–Kier alpha value is -1.06. The molecule has 25 heavy (non-hydrogen) atoms. The second kappa shape index (κ2) is 10.8. The number of aliphatic imine (C=N–C) groups is 1. The minimum atomic E-state index is -0.319. The van der Waals surface area contributed by atoms with Crippen LogP contribution in [0.4, 0.5) is 4.79 Å². The normalized spacial score (nSPS) is 24.2. The van der Waals surface area contributed by atoms with Gasteiger partial charge >= 0.3 is 6.03 Å². The van der Waals surface area contributed by atoms with E-state index < -0.39 is 0 Å². The Morgan fingerprint density at radius 1 is 1.28 bits per heavy atom. The van der Waals surface area contributed by atoms with Gasteiger partial charge in [0, 0.05) is 12.6 Å². The summed E-state index contributed by atoms with van der Waals surface area (Å²) >= 11 is 0. The highest BCUT2D eigenvalue weighted by molar-refractivity contribution is 14.0. The van der Waals surface area contributed by atoms with Crippen molar-refractivity contribution in [2.45, 2.75) is 52.5 Å². The molecule has 0 bridgehead atoms. The van der Waals surface area contributed by atoms with Crippen molar-refractivity contribution in [2.75, 3.05) is 26.2 Å². The number of imide groups is 1. The zero-order chi connectivity index (χ0) is 17.5. The molecular weight excluding hydrogens is 433 g/mol. The molecule has 1 aliphatic carbocycles. The molecule has 2 aliphatic rings. The molecule has 1 saturated heterocycles. The lowest BCUT2D eigenvalue weighted by molar-refractivity contribution is -0.124. The van der Waals surface area contributed by atoms with Crippen LogP contribution >= 0.6 is 24.0 Å². The predicted octanol–water partition coefficient (Wildman–Crippen LogP) is 1.93. The number of carbonyl (C=O) groups excluding carboxylic acids is 2. The maximum Gasteiger partial charge on any atom is 0.324 e. The molecule has 2 fully saturated rings. The molecule has 3 N–H and O–H groups in total. The van der Waals surface area contributed by atoms with Gasteiger partial charge in [-0.1, -0.05) is 13.8 Å². The molecule has 1 saturated carbocycles. The number of urea groups is 1. The van der Waals surface area contributed by atoms with Gasteiger partial charge in [0.1, 0.15) is 0 Å². The number of carbonyl (C=O) groups is 2. The Labute approximate surface area is 167 Å². The van der Waals surface area contributed by atoms with Crippen molar-refractivity contribution in [3.63, 3.8) is 0 Å². The Morgan fingerprint density at radius 2 is 1.96 bits per heavy atom. The van der Waals surface area contributed by atoms with E-state index in [4.69, 9.17) is 0 Å². The van der Waals surface area contributed by atoms with Crippen molar-refractivity contribution in [3.8, 4) is 0 Å². The quantitative estimate of drug-likeness (QED) is 0.242. The third-order valence-electron chi connectivity index (χ3n) is 4.93. The summed E-state index contributed by atoms with van der Waals surface area (Å²) in [6.45, 7) is 8.26. The van der Waals surface area contributed by atoms with Gasteiger partial charge in [0.15, 0.2) is 5.96 Å². The Bertz CT molecular complexity index is 460. The topological polar surface area (TPSA) is 85.8 Å². The summed E-state index contributed by atoms with van der Waals surface area (Å²) < 4.78 is 0. The maximum absolute atomic E-state index is 11.6. The van der Waals surface area contributed by atoms with Crippen molar-refractivity contribution in [3.05, 3.63) is 0 Å². The molecule has 0 spiro atoms. The van der Waals surface area contributed by atoms with E-state index in [1.54, 1.807) is 0 Å². The Morgan fingerprint density at radius 3 is 2.48 bits per heavy atom. The molecule has 3 amide bonds.